The van der Waals surface area contributed by atoms with Crippen LogP contribution in [-0.2, 0) is 17.8 Å². The average Bonchev–Trinajstić information content (AvgIpc) is 2.92. The van der Waals surface area contributed by atoms with Gasteiger partial charge in [-0.1, -0.05) is 18.2 Å². The van der Waals surface area contributed by atoms with Crippen LogP contribution in [0.3, 0.4) is 0 Å². The quantitative estimate of drug-likeness (QED) is 0.692. The van der Waals surface area contributed by atoms with Gasteiger partial charge in [0.1, 0.15) is 0 Å². The third kappa shape index (κ3) is 2.71. The van der Waals surface area contributed by atoms with E-state index >= 15 is 0 Å². The zero-order valence-electron chi connectivity index (χ0n) is 12.3. The summed E-state index contributed by atoms with van der Waals surface area (Å²) in [4.78, 5) is 19.4. The van der Waals surface area contributed by atoms with Gasteiger partial charge in [-0.3, -0.25) is 9.78 Å². The molecule has 112 valence electrons. The second-order valence-corrected chi connectivity index (χ2v) is 5.23. The predicted octanol–water partition coefficient (Wildman–Crippen LogP) is 2.54. The van der Waals surface area contributed by atoms with Gasteiger partial charge in [0.2, 0.25) is 5.91 Å². The Morgan fingerprint density at radius 2 is 2.18 bits per heavy atom. The number of aromatic nitrogens is 2. The number of para-hydroxylation sites is 1. The zero-order valence-corrected chi connectivity index (χ0v) is 12.3. The molecule has 0 saturated carbocycles. The van der Waals surface area contributed by atoms with E-state index in [1.165, 1.54) is 0 Å². The van der Waals surface area contributed by atoms with E-state index in [2.05, 4.69) is 15.3 Å². The van der Waals surface area contributed by atoms with Gasteiger partial charge in [0.25, 0.3) is 0 Å². The number of anilines is 1. The number of carbonyl (C=O) groups excluding carboxylic acids is 1. The number of aliphatic hydroxyl groups is 1. The molecule has 0 aliphatic carbocycles. The molecule has 3 N–H and O–H groups in total. The first kappa shape index (κ1) is 14.3. The summed E-state index contributed by atoms with van der Waals surface area (Å²) in [5.41, 5.74) is 4.36. The molecule has 0 atom stereocenters. The Hall–Kier alpha value is -2.66. The number of hydrogen-bond donors (Lipinski definition) is 3. The molecule has 0 fully saturated rings. The number of hydrogen-bond acceptors (Lipinski definition) is 3. The molecule has 0 spiro atoms. The van der Waals surface area contributed by atoms with Crippen LogP contribution in [-0.4, -0.2) is 21.0 Å². The third-order valence-corrected chi connectivity index (χ3v) is 3.72. The Balaban J connectivity index is 1.80. The highest BCUT2D eigenvalue weighted by atomic mass is 16.3. The molecule has 0 aliphatic heterocycles. The first-order valence-electron chi connectivity index (χ1n) is 7.08. The number of fused-ring (bicyclic) bond motifs is 1. The molecule has 5 nitrogen and oxygen atoms in total. The van der Waals surface area contributed by atoms with E-state index in [4.69, 9.17) is 0 Å². The summed E-state index contributed by atoms with van der Waals surface area (Å²) in [6.45, 7) is 1.90. The van der Waals surface area contributed by atoms with E-state index in [-0.39, 0.29) is 18.9 Å². The van der Waals surface area contributed by atoms with E-state index in [1.54, 1.807) is 18.5 Å². The highest BCUT2D eigenvalue weighted by molar-refractivity contribution is 5.96. The second-order valence-electron chi connectivity index (χ2n) is 5.23. The van der Waals surface area contributed by atoms with Crippen LogP contribution in [0, 0.1) is 6.92 Å². The maximum Gasteiger partial charge on any atom is 0.228 e. The summed E-state index contributed by atoms with van der Waals surface area (Å²) in [5.74, 6) is -0.134. The fraction of sp³-hybridized carbons (Fsp3) is 0.176. The number of nitrogens with zero attached hydrogens (tertiary/aromatic N) is 1. The van der Waals surface area contributed by atoms with Crippen LogP contribution < -0.4 is 5.32 Å². The second kappa shape index (κ2) is 5.99. The van der Waals surface area contributed by atoms with Gasteiger partial charge in [-0.05, 0) is 24.1 Å². The molecule has 0 radical (unpaired) electrons. The van der Waals surface area contributed by atoms with Gasteiger partial charge in [-0.15, -0.1) is 0 Å². The zero-order chi connectivity index (χ0) is 15.5. The van der Waals surface area contributed by atoms with Crippen LogP contribution in [0.25, 0.3) is 10.9 Å². The molecule has 2 heterocycles. The van der Waals surface area contributed by atoms with Gasteiger partial charge in [0, 0.05) is 28.9 Å². The minimum absolute atomic E-state index is 0.134. The van der Waals surface area contributed by atoms with Crippen LogP contribution in [0.15, 0.2) is 42.9 Å². The Bertz CT molecular complexity index is 824. The summed E-state index contributed by atoms with van der Waals surface area (Å²) < 4.78 is 0. The molecular formula is C17H17N3O2. The molecule has 0 unspecified atom stereocenters. The molecule has 3 rings (SSSR count). The highest BCUT2D eigenvalue weighted by Gasteiger charge is 2.11. The van der Waals surface area contributed by atoms with E-state index in [9.17, 15) is 9.90 Å². The average molecular weight is 295 g/mol. The number of amides is 1. The van der Waals surface area contributed by atoms with Crippen molar-refractivity contribution in [2.45, 2.75) is 20.0 Å². The summed E-state index contributed by atoms with van der Waals surface area (Å²) in [6, 6.07) is 7.71. The van der Waals surface area contributed by atoms with Crippen molar-refractivity contribution in [3.05, 3.63) is 59.5 Å². The smallest absolute Gasteiger partial charge is 0.228 e. The topological polar surface area (TPSA) is 78.0 Å². The van der Waals surface area contributed by atoms with Gasteiger partial charge in [0.15, 0.2) is 0 Å². The number of nitrogens with one attached hydrogen (secondary N) is 2. The summed E-state index contributed by atoms with van der Waals surface area (Å²) in [7, 11) is 0. The van der Waals surface area contributed by atoms with Gasteiger partial charge in [0.05, 0.1) is 24.9 Å². The molecule has 1 aromatic carbocycles. The van der Waals surface area contributed by atoms with E-state index < -0.39 is 0 Å². The standard InChI is InChI=1S/C17H17N3O2/c1-11-3-2-4-14-13(8-19-17(11)14)7-16(22)20-15-9-18-6-5-12(15)10-21/h2-6,8-9,19,21H,7,10H2,1H3,(H,20,22). The Morgan fingerprint density at radius 3 is 3.00 bits per heavy atom. The number of aliphatic hydroxyl groups excluding tert-OH is 1. The predicted molar refractivity (Wildman–Crippen MR) is 85.5 cm³/mol. The van der Waals surface area contributed by atoms with Crippen molar-refractivity contribution in [2.75, 3.05) is 5.32 Å². The Morgan fingerprint density at radius 1 is 1.32 bits per heavy atom. The first-order chi connectivity index (χ1) is 10.7. The Kier molecular flexibility index (Phi) is 3.89. The molecule has 22 heavy (non-hydrogen) atoms. The number of benzene rings is 1. The normalized spacial score (nSPS) is 10.8. The van der Waals surface area contributed by atoms with Crippen molar-refractivity contribution >= 4 is 22.5 Å². The molecule has 0 bridgehead atoms. The minimum atomic E-state index is -0.135. The fourth-order valence-electron chi connectivity index (χ4n) is 2.55. The van der Waals surface area contributed by atoms with Crippen molar-refractivity contribution in [3.63, 3.8) is 0 Å². The lowest BCUT2D eigenvalue weighted by Gasteiger charge is -2.08. The monoisotopic (exact) mass is 295 g/mol. The number of aromatic amines is 1. The minimum Gasteiger partial charge on any atom is -0.392 e. The number of carbonyl (C=O) groups is 1. The molecular weight excluding hydrogens is 278 g/mol. The van der Waals surface area contributed by atoms with Crippen molar-refractivity contribution in [3.8, 4) is 0 Å². The number of pyridine rings is 1. The lowest BCUT2D eigenvalue weighted by atomic mass is 10.1. The van der Waals surface area contributed by atoms with Crippen molar-refractivity contribution in [1.82, 2.24) is 9.97 Å². The SMILES string of the molecule is Cc1cccc2c(CC(=O)Nc3cnccc3CO)c[nH]c12. The molecule has 3 aromatic rings. The van der Waals surface area contributed by atoms with Gasteiger partial charge in [-0.25, -0.2) is 0 Å². The Labute approximate surface area is 128 Å². The number of aryl methyl sites for hydroxylation is 1. The largest absolute Gasteiger partial charge is 0.392 e. The van der Waals surface area contributed by atoms with Crippen molar-refractivity contribution in [1.29, 1.82) is 0 Å². The van der Waals surface area contributed by atoms with E-state index in [1.807, 2.05) is 31.3 Å². The molecule has 1 amide bonds. The van der Waals surface area contributed by atoms with Gasteiger partial charge < -0.3 is 15.4 Å². The molecule has 0 saturated heterocycles. The summed E-state index contributed by atoms with van der Waals surface area (Å²) >= 11 is 0. The van der Waals surface area contributed by atoms with Crippen molar-refractivity contribution < 1.29 is 9.90 Å². The van der Waals surface area contributed by atoms with Crippen LogP contribution in [0.1, 0.15) is 16.7 Å². The van der Waals surface area contributed by atoms with Gasteiger partial charge in [-0.2, -0.15) is 0 Å². The fourth-order valence-corrected chi connectivity index (χ4v) is 2.55. The summed E-state index contributed by atoms with van der Waals surface area (Å²) in [5, 5.41) is 13.1. The number of rotatable bonds is 4. The van der Waals surface area contributed by atoms with Crippen LogP contribution in [0.5, 0.6) is 0 Å². The van der Waals surface area contributed by atoms with Crippen LogP contribution in [0.4, 0.5) is 5.69 Å². The summed E-state index contributed by atoms with van der Waals surface area (Å²) in [6.07, 6.45) is 5.27. The van der Waals surface area contributed by atoms with Crippen LogP contribution >= 0.6 is 0 Å². The van der Waals surface area contributed by atoms with E-state index in [0.29, 0.717) is 11.3 Å². The number of H-pyrrole nitrogens is 1. The van der Waals surface area contributed by atoms with Crippen LogP contribution in [0.2, 0.25) is 0 Å². The maximum atomic E-state index is 12.2. The molecule has 5 heteroatoms. The molecule has 2 aromatic heterocycles. The maximum absolute atomic E-state index is 12.2. The first-order valence-corrected chi connectivity index (χ1v) is 7.08. The lowest BCUT2D eigenvalue weighted by molar-refractivity contribution is -0.115. The highest BCUT2D eigenvalue weighted by Crippen LogP contribution is 2.22. The molecule has 0 aliphatic rings. The van der Waals surface area contributed by atoms with E-state index in [0.717, 1.165) is 22.0 Å². The lowest BCUT2D eigenvalue weighted by Crippen LogP contribution is -2.15. The van der Waals surface area contributed by atoms with Gasteiger partial charge >= 0.3 is 0 Å². The third-order valence-electron chi connectivity index (χ3n) is 3.72. The van der Waals surface area contributed by atoms with Crippen molar-refractivity contribution in [2.24, 2.45) is 0 Å².